The van der Waals surface area contributed by atoms with Crippen LogP contribution in [0.25, 0.3) is 0 Å². The Labute approximate surface area is 167 Å². The first kappa shape index (κ1) is 21.7. The summed E-state index contributed by atoms with van der Waals surface area (Å²) in [5.41, 5.74) is 2.70. The Morgan fingerprint density at radius 2 is 1.44 bits per heavy atom. The number of benzene rings is 1. The van der Waals surface area contributed by atoms with E-state index in [1.165, 1.54) is 74.9 Å². The van der Waals surface area contributed by atoms with Crippen LogP contribution in [0.1, 0.15) is 102 Å². The SMILES string of the molecule is CCCCCCCCCCc1nc(CCCc2ccccc2)cn1C(C)C. The molecule has 2 nitrogen and oxygen atoms in total. The van der Waals surface area contributed by atoms with Gasteiger partial charge >= 0.3 is 0 Å². The van der Waals surface area contributed by atoms with Crippen LogP contribution in [0, 0.1) is 0 Å². The van der Waals surface area contributed by atoms with Crippen molar-refractivity contribution in [1.82, 2.24) is 9.55 Å². The fourth-order valence-corrected chi connectivity index (χ4v) is 3.78. The zero-order valence-electron chi connectivity index (χ0n) is 17.9. The summed E-state index contributed by atoms with van der Waals surface area (Å²) in [5, 5.41) is 0. The number of imidazole rings is 1. The monoisotopic (exact) mass is 368 g/mol. The lowest BCUT2D eigenvalue weighted by atomic mass is 10.1. The fourth-order valence-electron chi connectivity index (χ4n) is 3.78. The highest BCUT2D eigenvalue weighted by Crippen LogP contribution is 2.17. The van der Waals surface area contributed by atoms with Gasteiger partial charge in [0.05, 0.1) is 5.69 Å². The van der Waals surface area contributed by atoms with Crippen LogP contribution in [0.2, 0.25) is 0 Å². The molecule has 0 atom stereocenters. The van der Waals surface area contributed by atoms with Gasteiger partial charge in [-0.3, -0.25) is 0 Å². The number of hydrogen-bond acceptors (Lipinski definition) is 1. The van der Waals surface area contributed by atoms with Gasteiger partial charge in [-0.05, 0) is 45.1 Å². The van der Waals surface area contributed by atoms with Gasteiger partial charge in [-0.15, -0.1) is 0 Å². The number of hydrogen-bond donors (Lipinski definition) is 0. The lowest BCUT2D eigenvalue weighted by Crippen LogP contribution is -2.05. The van der Waals surface area contributed by atoms with Crippen molar-refractivity contribution in [3.63, 3.8) is 0 Å². The van der Waals surface area contributed by atoms with Gasteiger partial charge in [0.15, 0.2) is 0 Å². The van der Waals surface area contributed by atoms with E-state index >= 15 is 0 Å². The Morgan fingerprint density at radius 1 is 0.778 bits per heavy atom. The molecule has 0 aliphatic carbocycles. The topological polar surface area (TPSA) is 17.8 Å². The van der Waals surface area contributed by atoms with E-state index in [4.69, 9.17) is 4.98 Å². The summed E-state index contributed by atoms with van der Waals surface area (Å²) in [6.45, 7) is 6.83. The summed E-state index contributed by atoms with van der Waals surface area (Å²) in [4.78, 5) is 4.98. The van der Waals surface area contributed by atoms with Gasteiger partial charge < -0.3 is 4.57 Å². The standard InChI is InChI=1S/C25H40N2/c1-4-5-6-7-8-9-10-14-20-25-26-24(21-27(25)22(2)3)19-15-18-23-16-12-11-13-17-23/h11-13,16-17,21-22H,4-10,14-15,18-20H2,1-3H3. The minimum atomic E-state index is 0.504. The van der Waals surface area contributed by atoms with Crippen LogP contribution in [0.5, 0.6) is 0 Å². The largest absolute Gasteiger partial charge is 0.332 e. The number of aryl methyl sites for hydroxylation is 3. The maximum atomic E-state index is 4.98. The minimum absolute atomic E-state index is 0.504. The molecule has 0 fully saturated rings. The number of unbranched alkanes of at least 4 members (excludes halogenated alkanes) is 7. The molecule has 0 radical (unpaired) electrons. The van der Waals surface area contributed by atoms with E-state index in [0.717, 1.165) is 19.3 Å². The summed E-state index contributed by atoms with van der Waals surface area (Å²) in [6.07, 6.45) is 17.8. The Hall–Kier alpha value is -1.57. The zero-order valence-corrected chi connectivity index (χ0v) is 17.9. The van der Waals surface area contributed by atoms with E-state index in [0.29, 0.717) is 6.04 Å². The van der Waals surface area contributed by atoms with Crippen LogP contribution < -0.4 is 0 Å². The summed E-state index contributed by atoms with van der Waals surface area (Å²) in [6, 6.07) is 11.3. The highest BCUT2D eigenvalue weighted by Gasteiger charge is 2.10. The second-order valence-electron chi connectivity index (χ2n) is 8.21. The van der Waals surface area contributed by atoms with Crippen LogP contribution in [-0.2, 0) is 19.3 Å². The molecular weight excluding hydrogens is 328 g/mol. The summed E-state index contributed by atoms with van der Waals surface area (Å²) >= 11 is 0. The molecule has 0 saturated carbocycles. The van der Waals surface area contributed by atoms with E-state index < -0.39 is 0 Å². The van der Waals surface area contributed by atoms with E-state index in [9.17, 15) is 0 Å². The molecule has 0 spiro atoms. The van der Waals surface area contributed by atoms with Gasteiger partial charge in [0.25, 0.3) is 0 Å². The van der Waals surface area contributed by atoms with Gasteiger partial charge in [0, 0.05) is 18.7 Å². The van der Waals surface area contributed by atoms with Crippen molar-refractivity contribution in [2.24, 2.45) is 0 Å². The minimum Gasteiger partial charge on any atom is -0.332 e. The second kappa shape index (κ2) is 12.8. The molecule has 1 aromatic heterocycles. The Kier molecular flexibility index (Phi) is 10.3. The summed E-state index contributed by atoms with van der Waals surface area (Å²) in [7, 11) is 0. The molecule has 0 amide bonds. The molecule has 2 heteroatoms. The molecule has 27 heavy (non-hydrogen) atoms. The Morgan fingerprint density at radius 3 is 2.11 bits per heavy atom. The third-order valence-electron chi connectivity index (χ3n) is 5.41. The molecule has 0 saturated heterocycles. The molecule has 2 aromatic rings. The maximum absolute atomic E-state index is 4.98. The highest BCUT2D eigenvalue weighted by molar-refractivity contribution is 5.15. The van der Waals surface area contributed by atoms with Crippen LogP contribution in [0.4, 0.5) is 0 Å². The van der Waals surface area contributed by atoms with Crippen LogP contribution in [0.3, 0.4) is 0 Å². The van der Waals surface area contributed by atoms with Crippen molar-refractivity contribution < 1.29 is 0 Å². The molecule has 0 aliphatic rings. The molecule has 0 aliphatic heterocycles. The number of rotatable bonds is 14. The molecule has 0 bridgehead atoms. The first-order valence-electron chi connectivity index (χ1n) is 11.3. The molecule has 150 valence electrons. The van der Waals surface area contributed by atoms with E-state index in [2.05, 4.69) is 61.9 Å². The maximum Gasteiger partial charge on any atom is 0.109 e. The van der Waals surface area contributed by atoms with Crippen LogP contribution in [-0.4, -0.2) is 9.55 Å². The predicted octanol–water partition coefficient (Wildman–Crippen LogP) is 7.32. The number of nitrogens with zero attached hydrogens (tertiary/aromatic N) is 2. The van der Waals surface area contributed by atoms with E-state index in [1.54, 1.807) is 0 Å². The van der Waals surface area contributed by atoms with Crippen molar-refractivity contribution >= 4 is 0 Å². The van der Waals surface area contributed by atoms with Gasteiger partial charge in [-0.1, -0.05) is 82.2 Å². The van der Waals surface area contributed by atoms with E-state index in [-0.39, 0.29) is 0 Å². The third kappa shape index (κ3) is 8.32. The zero-order chi connectivity index (χ0) is 19.3. The summed E-state index contributed by atoms with van der Waals surface area (Å²) < 4.78 is 2.40. The first-order valence-corrected chi connectivity index (χ1v) is 11.3. The number of aromatic nitrogens is 2. The lowest BCUT2D eigenvalue weighted by Gasteiger charge is -2.11. The van der Waals surface area contributed by atoms with Gasteiger partial charge in [-0.25, -0.2) is 4.98 Å². The van der Waals surface area contributed by atoms with Crippen molar-refractivity contribution in [3.8, 4) is 0 Å². The second-order valence-corrected chi connectivity index (χ2v) is 8.21. The molecular formula is C25H40N2. The Balaban J connectivity index is 1.73. The normalized spacial score (nSPS) is 11.4. The van der Waals surface area contributed by atoms with Gasteiger partial charge in [0.2, 0.25) is 0 Å². The van der Waals surface area contributed by atoms with Crippen LogP contribution >= 0.6 is 0 Å². The van der Waals surface area contributed by atoms with E-state index in [1.807, 2.05) is 0 Å². The lowest BCUT2D eigenvalue weighted by molar-refractivity contribution is 0.539. The van der Waals surface area contributed by atoms with Crippen molar-refractivity contribution in [2.75, 3.05) is 0 Å². The average Bonchev–Trinajstić information content (AvgIpc) is 3.08. The smallest absolute Gasteiger partial charge is 0.109 e. The summed E-state index contributed by atoms with van der Waals surface area (Å²) in [5.74, 6) is 1.30. The highest BCUT2D eigenvalue weighted by atomic mass is 15.1. The quantitative estimate of drug-likeness (QED) is 0.319. The molecule has 1 heterocycles. The van der Waals surface area contributed by atoms with Crippen molar-refractivity contribution in [3.05, 3.63) is 53.6 Å². The molecule has 0 N–H and O–H groups in total. The third-order valence-corrected chi connectivity index (χ3v) is 5.41. The van der Waals surface area contributed by atoms with Crippen LogP contribution in [0.15, 0.2) is 36.5 Å². The fraction of sp³-hybridized carbons (Fsp3) is 0.640. The molecule has 0 unspecified atom stereocenters. The predicted molar refractivity (Wildman–Crippen MR) is 117 cm³/mol. The van der Waals surface area contributed by atoms with Crippen molar-refractivity contribution in [1.29, 1.82) is 0 Å². The first-order chi connectivity index (χ1) is 13.2. The van der Waals surface area contributed by atoms with Crippen molar-refractivity contribution in [2.45, 2.75) is 104 Å². The Bertz CT molecular complexity index is 613. The molecule has 1 aromatic carbocycles. The average molecular weight is 369 g/mol. The molecule has 2 rings (SSSR count). The van der Waals surface area contributed by atoms with Gasteiger partial charge in [-0.2, -0.15) is 0 Å². The van der Waals surface area contributed by atoms with Gasteiger partial charge in [0.1, 0.15) is 5.82 Å².